The van der Waals surface area contributed by atoms with E-state index < -0.39 is 15.9 Å². The van der Waals surface area contributed by atoms with E-state index in [9.17, 15) is 35.2 Å². The molecule has 0 spiro atoms. The number of hydrazone groups is 2. The van der Waals surface area contributed by atoms with Crippen LogP contribution in [0.25, 0.3) is 0 Å². The Morgan fingerprint density at radius 2 is 1.23 bits per heavy atom. The molecule has 0 saturated heterocycles. The second-order valence-electron chi connectivity index (χ2n) is 5.31. The topological polar surface area (TPSA) is 193 Å². The lowest BCUT2D eigenvalue weighted by atomic mass is 10.2. The molecule has 0 bridgehead atoms. The zero-order valence-electron chi connectivity index (χ0n) is 14.4. The number of phenols is 2. The van der Waals surface area contributed by atoms with E-state index in [1.165, 1.54) is 0 Å². The van der Waals surface area contributed by atoms with E-state index in [0.29, 0.717) is 0 Å². The molecule has 0 saturated carbocycles. The number of nitrogens with zero attached hydrogens (tertiary/aromatic N) is 4. The molecular formula is C15H10Br2N6O7. The van der Waals surface area contributed by atoms with Gasteiger partial charge < -0.3 is 10.2 Å². The third-order valence-electron chi connectivity index (χ3n) is 3.32. The van der Waals surface area contributed by atoms with Gasteiger partial charge in [0.15, 0.2) is 0 Å². The predicted octanol–water partition coefficient (Wildman–Crippen LogP) is 3.11. The Morgan fingerprint density at radius 1 is 0.867 bits per heavy atom. The third kappa shape index (κ3) is 5.71. The van der Waals surface area contributed by atoms with Gasteiger partial charge in [0, 0.05) is 35.4 Å². The van der Waals surface area contributed by atoms with E-state index in [0.717, 1.165) is 36.7 Å². The number of rotatable bonds is 6. The predicted molar refractivity (Wildman–Crippen MR) is 112 cm³/mol. The van der Waals surface area contributed by atoms with E-state index in [1.807, 2.05) is 10.9 Å². The first-order valence-corrected chi connectivity index (χ1v) is 9.14. The molecule has 2 aromatic rings. The number of non-ortho nitro benzene ring substituents is 2. The number of nitro benzene ring substituents is 2. The summed E-state index contributed by atoms with van der Waals surface area (Å²) < 4.78 is 0.130. The molecule has 2 aromatic carbocycles. The van der Waals surface area contributed by atoms with Crippen LogP contribution in [0.4, 0.5) is 16.2 Å². The zero-order valence-corrected chi connectivity index (χ0v) is 17.6. The number of carbonyl (C=O) groups is 1. The lowest BCUT2D eigenvalue weighted by Gasteiger charge is -2.03. The lowest BCUT2D eigenvalue weighted by molar-refractivity contribution is -0.385. The van der Waals surface area contributed by atoms with Gasteiger partial charge in [-0.25, -0.2) is 15.6 Å². The zero-order chi connectivity index (χ0) is 22.4. The Balaban J connectivity index is 2.04. The molecule has 0 fully saturated rings. The van der Waals surface area contributed by atoms with Crippen LogP contribution < -0.4 is 10.9 Å². The van der Waals surface area contributed by atoms with Crippen molar-refractivity contribution in [2.24, 2.45) is 10.2 Å². The van der Waals surface area contributed by atoms with Crippen LogP contribution in [0.5, 0.6) is 11.5 Å². The summed E-state index contributed by atoms with van der Waals surface area (Å²) in [5.41, 5.74) is 3.31. The van der Waals surface area contributed by atoms with Crippen molar-refractivity contribution in [3.05, 3.63) is 64.6 Å². The number of phenolic OH excluding ortho intramolecular Hbond substituents is 2. The average molecular weight is 546 g/mol. The number of carbonyl (C=O) groups excluding carboxylic acids is 1. The largest absolute Gasteiger partial charge is 0.506 e. The highest BCUT2D eigenvalue weighted by atomic mass is 79.9. The van der Waals surface area contributed by atoms with Crippen molar-refractivity contribution in [2.75, 3.05) is 0 Å². The van der Waals surface area contributed by atoms with E-state index in [4.69, 9.17) is 0 Å². The summed E-state index contributed by atoms with van der Waals surface area (Å²) in [6.07, 6.45) is 1.94. The fourth-order valence-electron chi connectivity index (χ4n) is 1.96. The summed E-state index contributed by atoms with van der Waals surface area (Å²) in [7, 11) is 0. The minimum Gasteiger partial charge on any atom is -0.506 e. The standard InChI is InChI=1S/C15H10Br2N6O7/c16-11-3-9(22(27)28)1-7(13(11)24)5-18-20-15(26)21-19-6-8-2-10(23(29)30)4-12(17)14(8)25/h1-6,24-25H,(H2,20,21,26)/b18-5+,19-6+. The van der Waals surface area contributed by atoms with Crippen molar-refractivity contribution in [3.63, 3.8) is 0 Å². The van der Waals surface area contributed by atoms with Gasteiger partial charge in [-0.15, -0.1) is 0 Å². The quantitative estimate of drug-likeness (QED) is 0.243. The van der Waals surface area contributed by atoms with Crippen molar-refractivity contribution >= 4 is 61.7 Å². The van der Waals surface area contributed by atoms with Gasteiger partial charge in [-0.05, 0) is 31.9 Å². The Labute approximate surface area is 183 Å². The molecule has 4 N–H and O–H groups in total. The van der Waals surface area contributed by atoms with Crippen molar-refractivity contribution in [1.82, 2.24) is 10.9 Å². The summed E-state index contributed by atoms with van der Waals surface area (Å²) in [5.74, 6) is -0.646. The number of amides is 2. The SMILES string of the molecule is O=C(N/N=C/c1cc([N+](=O)[O-])cc(Br)c1O)N/N=C/c1cc([N+](=O)[O-])cc(Br)c1O. The van der Waals surface area contributed by atoms with Crippen LogP contribution in [-0.2, 0) is 0 Å². The lowest BCUT2D eigenvalue weighted by Crippen LogP contribution is -2.28. The summed E-state index contributed by atoms with van der Waals surface area (Å²) in [6, 6.07) is 3.36. The Hall–Kier alpha value is -3.59. The molecule has 0 aliphatic heterocycles. The molecule has 2 rings (SSSR count). The van der Waals surface area contributed by atoms with Gasteiger partial charge >= 0.3 is 6.03 Å². The van der Waals surface area contributed by atoms with E-state index in [1.54, 1.807) is 0 Å². The van der Waals surface area contributed by atoms with Gasteiger partial charge in [-0.2, -0.15) is 10.2 Å². The summed E-state index contributed by atoms with van der Waals surface area (Å²) >= 11 is 5.93. The molecule has 0 aliphatic carbocycles. The average Bonchev–Trinajstić information content (AvgIpc) is 2.67. The van der Waals surface area contributed by atoms with E-state index >= 15 is 0 Å². The van der Waals surface area contributed by atoms with Crippen molar-refractivity contribution in [2.45, 2.75) is 0 Å². The number of urea groups is 1. The van der Waals surface area contributed by atoms with Gasteiger partial charge in [0.2, 0.25) is 0 Å². The number of hydrogen-bond donors (Lipinski definition) is 4. The molecule has 30 heavy (non-hydrogen) atoms. The van der Waals surface area contributed by atoms with Crippen LogP contribution in [-0.4, -0.2) is 38.5 Å². The minimum absolute atomic E-state index is 0.0359. The molecule has 15 heteroatoms. The number of nitrogens with one attached hydrogen (secondary N) is 2. The van der Waals surface area contributed by atoms with Crippen LogP contribution in [0.3, 0.4) is 0 Å². The number of aromatic hydroxyl groups is 2. The summed E-state index contributed by atoms with van der Waals surface area (Å²) in [6.45, 7) is 0. The van der Waals surface area contributed by atoms with Crippen molar-refractivity contribution in [3.8, 4) is 11.5 Å². The van der Waals surface area contributed by atoms with Crippen LogP contribution >= 0.6 is 31.9 Å². The van der Waals surface area contributed by atoms with Gasteiger partial charge in [0.05, 0.1) is 31.2 Å². The minimum atomic E-state index is -0.935. The molecule has 13 nitrogen and oxygen atoms in total. The van der Waals surface area contributed by atoms with Gasteiger partial charge in [0.1, 0.15) is 11.5 Å². The number of benzene rings is 2. The highest BCUT2D eigenvalue weighted by molar-refractivity contribution is 9.10. The molecule has 0 radical (unpaired) electrons. The van der Waals surface area contributed by atoms with Crippen molar-refractivity contribution in [1.29, 1.82) is 0 Å². The summed E-state index contributed by atoms with van der Waals surface area (Å²) in [4.78, 5) is 32.0. The van der Waals surface area contributed by atoms with E-state index in [2.05, 4.69) is 42.1 Å². The first kappa shape index (κ1) is 22.7. The number of nitro groups is 2. The fourth-order valence-corrected chi connectivity index (χ4v) is 2.89. The van der Waals surface area contributed by atoms with E-state index in [-0.39, 0.29) is 42.9 Å². The van der Waals surface area contributed by atoms with Gasteiger partial charge in [-0.1, -0.05) is 0 Å². The second kappa shape index (κ2) is 9.75. The Bertz CT molecular complexity index is 1010. The van der Waals surface area contributed by atoms with Gasteiger partial charge in [0.25, 0.3) is 11.4 Å². The molecule has 156 valence electrons. The molecule has 0 atom stereocenters. The maximum Gasteiger partial charge on any atom is 0.355 e. The molecule has 2 amide bonds. The van der Waals surface area contributed by atoms with Crippen LogP contribution in [0.1, 0.15) is 11.1 Å². The number of hydrogen-bond acceptors (Lipinski definition) is 9. The van der Waals surface area contributed by atoms with Crippen LogP contribution in [0.2, 0.25) is 0 Å². The van der Waals surface area contributed by atoms with Crippen LogP contribution in [0, 0.1) is 20.2 Å². The molecular weight excluding hydrogens is 536 g/mol. The maximum absolute atomic E-state index is 11.7. The fraction of sp³-hybridized carbons (Fsp3) is 0. The van der Waals surface area contributed by atoms with Gasteiger partial charge in [-0.3, -0.25) is 20.2 Å². The Morgan fingerprint density at radius 3 is 1.57 bits per heavy atom. The van der Waals surface area contributed by atoms with Crippen molar-refractivity contribution < 1.29 is 24.9 Å². The Kier molecular flexibility index (Phi) is 7.38. The third-order valence-corrected chi connectivity index (χ3v) is 4.53. The first-order chi connectivity index (χ1) is 14.1. The monoisotopic (exact) mass is 544 g/mol. The highest BCUT2D eigenvalue weighted by Crippen LogP contribution is 2.32. The molecule has 0 aliphatic rings. The first-order valence-electron chi connectivity index (χ1n) is 7.56. The highest BCUT2D eigenvalue weighted by Gasteiger charge is 2.14. The normalized spacial score (nSPS) is 11.0. The second-order valence-corrected chi connectivity index (χ2v) is 7.02. The maximum atomic E-state index is 11.7. The number of halogens is 2. The van der Waals surface area contributed by atoms with Crippen LogP contribution in [0.15, 0.2) is 43.4 Å². The molecule has 0 heterocycles. The smallest absolute Gasteiger partial charge is 0.355 e. The summed E-state index contributed by atoms with van der Waals surface area (Å²) in [5, 5.41) is 48.5. The molecule has 0 unspecified atom stereocenters. The molecule has 0 aromatic heterocycles.